The van der Waals surface area contributed by atoms with Gasteiger partial charge in [0.1, 0.15) is 11.6 Å². The second-order valence-electron chi connectivity index (χ2n) is 15.2. The summed E-state index contributed by atoms with van der Waals surface area (Å²) < 4.78 is 55.9. The molecule has 0 aliphatic heterocycles. The van der Waals surface area contributed by atoms with Gasteiger partial charge in [-0.05, 0) is 82.8 Å². The van der Waals surface area contributed by atoms with Crippen molar-refractivity contribution in [3.63, 3.8) is 0 Å². The smallest absolute Gasteiger partial charge is 0.550 e. The number of aliphatic hydroxyl groups is 2. The summed E-state index contributed by atoms with van der Waals surface area (Å²) in [6.07, 6.45) is -2.19. The molecule has 4 N–H and O–H groups in total. The van der Waals surface area contributed by atoms with Crippen molar-refractivity contribution in [2.75, 3.05) is 12.3 Å². The van der Waals surface area contributed by atoms with Gasteiger partial charge in [0.05, 0.1) is 46.7 Å². The van der Waals surface area contributed by atoms with Crippen molar-refractivity contribution in [3.8, 4) is 45.4 Å². The number of hydrogen-bond donors (Lipinski definition) is 4. The topological polar surface area (TPSA) is 204 Å². The van der Waals surface area contributed by atoms with E-state index in [1.54, 1.807) is 24.3 Å². The Morgan fingerprint density at radius 1 is 0.609 bits per heavy atom. The third-order valence-corrected chi connectivity index (χ3v) is 12.3. The first-order valence-corrected chi connectivity index (χ1v) is 23.1. The Morgan fingerprint density at radius 3 is 1.23 bits per heavy atom. The average Bonchev–Trinajstić information content (AvgIpc) is 3.69. The predicted octanol–water partition coefficient (Wildman–Crippen LogP) is -0.0938. The molecule has 12 nitrogen and oxygen atoms in total. The standard InChI is InChI=1S/2C23H23FNO5P.2Li/c2*1-15(2)23-19(10-12-31(29,30)14-18(26)13-21(27)28)22(16-6-8-17(24)9-7-16)20-5-3-4-11-25(20)23;;/h2*3-9,11,15,18,26H,13-14H2,1-2H3,(H,27,28)(H,29,30);;/q;;2*+1/p-2/t2*18-;;/m00../s1. The van der Waals surface area contributed by atoms with Crippen LogP contribution in [0.25, 0.3) is 33.3 Å². The normalized spacial score (nSPS) is 13.7. The zero-order chi connectivity index (χ0) is 45.5. The van der Waals surface area contributed by atoms with Gasteiger partial charge in [0.25, 0.3) is 14.7 Å². The van der Waals surface area contributed by atoms with Crippen LogP contribution in [-0.4, -0.2) is 65.3 Å². The monoisotopic (exact) mass is 898 g/mol. The number of carboxylic acids is 2. The maximum absolute atomic E-state index is 13.5. The van der Waals surface area contributed by atoms with Crippen LogP contribution >= 0.6 is 14.7 Å². The summed E-state index contributed by atoms with van der Waals surface area (Å²) >= 11 is 0. The first kappa shape index (κ1) is 53.7. The van der Waals surface area contributed by atoms with E-state index in [1.165, 1.54) is 24.3 Å². The van der Waals surface area contributed by atoms with Gasteiger partial charge in [-0.15, -0.1) is 0 Å². The van der Waals surface area contributed by atoms with E-state index >= 15 is 0 Å². The van der Waals surface area contributed by atoms with Crippen LogP contribution in [-0.2, 0) is 18.7 Å². The molecule has 0 aliphatic rings. The largest absolute Gasteiger partial charge is 1.00 e. The van der Waals surface area contributed by atoms with Crippen LogP contribution in [0.3, 0.4) is 0 Å². The number of carbonyl (C=O) groups is 2. The third kappa shape index (κ3) is 13.7. The van der Waals surface area contributed by atoms with E-state index in [0.717, 1.165) is 22.4 Å². The maximum Gasteiger partial charge on any atom is 1.00 e. The molecule has 4 aromatic heterocycles. The van der Waals surface area contributed by atoms with Gasteiger partial charge in [0.2, 0.25) is 0 Å². The van der Waals surface area contributed by atoms with Gasteiger partial charge in [-0.25, -0.2) is 8.78 Å². The number of aliphatic hydroxyl groups excluding tert-OH is 2. The maximum atomic E-state index is 13.5. The number of fused-ring (bicyclic) bond motifs is 2. The zero-order valence-electron chi connectivity index (χ0n) is 36.2. The molecule has 0 aliphatic carbocycles. The number of halogens is 2. The third-order valence-electron chi connectivity index (χ3n) is 9.56. The number of hydrogen-bond acceptors (Lipinski definition) is 8. The second-order valence-corrected chi connectivity index (χ2v) is 19.2. The van der Waals surface area contributed by atoms with Crippen LogP contribution in [0.5, 0.6) is 0 Å². The summed E-state index contributed by atoms with van der Waals surface area (Å²) in [6, 6.07) is 23.0. The molecular formula is C46H44F2Li2N2O10P2. The number of nitrogens with zero attached hydrogens (tertiary/aromatic N) is 2. The SMILES string of the molecule is CC(C)c1c(C#CP(=O)(O)C[C@@H](O)CC(=O)[O-])c(-c2ccc(F)cc2)c2ccccn12.CC(C)c1c(C#CP(=O)(O)C[C@@H](O)CC(=O)[O-])c(-c2ccc(F)cc2)c2ccccn12.[Li+].[Li+]. The van der Waals surface area contributed by atoms with E-state index in [9.17, 15) is 57.7 Å². The molecule has 64 heavy (non-hydrogen) atoms. The fourth-order valence-electron chi connectivity index (χ4n) is 7.13. The van der Waals surface area contributed by atoms with Crippen LogP contribution in [0.2, 0.25) is 0 Å². The number of aliphatic carboxylic acids is 2. The molecule has 2 unspecified atom stereocenters. The van der Waals surface area contributed by atoms with Gasteiger partial charge in [0.15, 0.2) is 0 Å². The molecule has 324 valence electrons. The molecule has 0 saturated heterocycles. The minimum absolute atomic E-state index is 0. The molecule has 0 saturated carbocycles. The molecule has 0 fully saturated rings. The Labute approximate surface area is 393 Å². The molecule has 4 atom stereocenters. The van der Waals surface area contributed by atoms with Crippen LogP contribution < -0.4 is 47.9 Å². The molecular weight excluding hydrogens is 854 g/mol. The molecule has 0 spiro atoms. The fraction of sp³-hybridized carbons (Fsp3) is 0.261. The van der Waals surface area contributed by atoms with Crippen LogP contribution in [0.4, 0.5) is 8.78 Å². The predicted molar refractivity (Wildman–Crippen MR) is 228 cm³/mol. The molecule has 0 amide bonds. The van der Waals surface area contributed by atoms with Crippen molar-refractivity contribution in [3.05, 3.63) is 131 Å². The molecule has 6 rings (SSSR count). The quantitative estimate of drug-likeness (QED) is 0.0731. The Bertz CT molecular complexity index is 2650. The van der Waals surface area contributed by atoms with E-state index in [2.05, 4.69) is 23.2 Å². The van der Waals surface area contributed by atoms with Crippen LogP contribution in [0.1, 0.15) is 74.9 Å². The summed E-state index contributed by atoms with van der Waals surface area (Å²) in [5, 5.41) is 40.6. The van der Waals surface area contributed by atoms with E-state index < -0.39 is 64.0 Å². The van der Waals surface area contributed by atoms with Crippen molar-refractivity contribution < 1.29 is 95.4 Å². The number of carboxylic acid groups (broad SMARTS) is 2. The van der Waals surface area contributed by atoms with Gasteiger partial charge >= 0.3 is 37.7 Å². The number of pyridine rings is 2. The van der Waals surface area contributed by atoms with Crippen molar-refractivity contribution in [2.45, 2.75) is 64.6 Å². The molecule has 4 heterocycles. The first-order valence-electron chi connectivity index (χ1n) is 19.4. The van der Waals surface area contributed by atoms with Crippen molar-refractivity contribution in [1.82, 2.24) is 8.80 Å². The van der Waals surface area contributed by atoms with Gasteiger partial charge in [-0.1, -0.05) is 75.9 Å². The Kier molecular flexibility index (Phi) is 19.3. The molecule has 18 heteroatoms. The average molecular weight is 899 g/mol. The Morgan fingerprint density at radius 2 is 0.938 bits per heavy atom. The zero-order valence-corrected chi connectivity index (χ0v) is 37.9. The van der Waals surface area contributed by atoms with E-state index in [1.807, 2.05) is 85.3 Å². The summed E-state index contributed by atoms with van der Waals surface area (Å²) in [7, 11) is -8.31. The van der Waals surface area contributed by atoms with Crippen LogP contribution in [0, 0.1) is 34.8 Å². The van der Waals surface area contributed by atoms with Gasteiger partial charge in [0, 0.05) is 59.7 Å². The summed E-state index contributed by atoms with van der Waals surface area (Å²) in [6.45, 7) is 7.88. The van der Waals surface area contributed by atoms with Gasteiger partial charge < -0.3 is 48.6 Å². The minimum Gasteiger partial charge on any atom is -0.550 e. The molecule has 0 bridgehead atoms. The number of rotatable bonds is 12. The van der Waals surface area contributed by atoms with E-state index in [4.69, 9.17) is 0 Å². The van der Waals surface area contributed by atoms with Crippen molar-refractivity contribution in [1.29, 1.82) is 0 Å². The fourth-order valence-corrected chi connectivity index (χ4v) is 9.29. The number of carbonyl (C=O) groups excluding carboxylic acids is 2. The number of benzene rings is 2. The summed E-state index contributed by atoms with van der Waals surface area (Å²) in [5.74, 6) is 1.85. The van der Waals surface area contributed by atoms with Crippen molar-refractivity contribution in [2.24, 2.45) is 0 Å². The minimum atomic E-state index is -4.15. The first-order chi connectivity index (χ1) is 29.2. The Balaban J connectivity index is 0.000000330. The summed E-state index contributed by atoms with van der Waals surface area (Å²) in [5.41, 5.74) is 11.8. The number of aromatic nitrogens is 2. The van der Waals surface area contributed by atoms with Crippen molar-refractivity contribution >= 4 is 37.7 Å². The Hall–Kier alpha value is -4.63. The van der Waals surface area contributed by atoms with E-state index in [-0.39, 0.29) is 61.2 Å². The molecule has 6 aromatic rings. The van der Waals surface area contributed by atoms with Gasteiger partial charge in [-0.2, -0.15) is 0 Å². The van der Waals surface area contributed by atoms with E-state index in [0.29, 0.717) is 33.4 Å². The summed E-state index contributed by atoms with van der Waals surface area (Å²) in [4.78, 5) is 41.7. The van der Waals surface area contributed by atoms with Crippen LogP contribution in [0.15, 0.2) is 97.3 Å². The van der Waals surface area contributed by atoms with Gasteiger partial charge in [-0.3, -0.25) is 9.13 Å². The second kappa shape index (κ2) is 23.0. The molecule has 0 radical (unpaired) electrons. The molecule has 2 aromatic carbocycles.